The molecule has 2 unspecified atom stereocenters. The van der Waals surface area contributed by atoms with Gasteiger partial charge in [-0.15, -0.1) is 0 Å². The maximum absolute atomic E-state index is 12.6. The number of amides is 2. The fraction of sp³-hybridized carbons (Fsp3) is 0.364. The number of carbonyl (C=O) groups excluding carboxylic acids is 2. The van der Waals surface area contributed by atoms with E-state index in [0.29, 0.717) is 13.0 Å². The number of anilines is 1. The number of hydrogen-bond acceptors (Lipinski definition) is 2. The van der Waals surface area contributed by atoms with Crippen molar-refractivity contribution in [3.63, 3.8) is 0 Å². The molecule has 136 valence electrons. The predicted molar refractivity (Wildman–Crippen MR) is 104 cm³/mol. The van der Waals surface area contributed by atoms with E-state index in [-0.39, 0.29) is 23.7 Å². The Balaban J connectivity index is 1.57. The van der Waals surface area contributed by atoms with Crippen molar-refractivity contribution in [2.45, 2.75) is 39.7 Å². The molecule has 1 saturated carbocycles. The Labute approximate surface area is 155 Å². The van der Waals surface area contributed by atoms with E-state index in [1.165, 1.54) is 0 Å². The maximum atomic E-state index is 12.6. The molecule has 0 aliphatic heterocycles. The largest absolute Gasteiger partial charge is 0.352 e. The quantitative estimate of drug-likeness (QED) is 0.800. The molecule has 0 bridgehead atoms. The van der Waals surface area contributed by atoms with Crippen molar-refractivity contribution in [3.05, 3.63) is 65.2 Å². The minimum Gasteiger partial charge on any atom is -0.352 e. The van der Waals surface area contributed by atoms with Gasteiger partial charge in [-0.25, -0.2) is 0 Å². The summed E-state index contributed by atoms with van der Waals surface area (Å²) in [5, 5.41) is 6.02. The molecule has 0 aromatic heterocycles. The van der Waals surface area contributed by atoms with Gasteiger partial charge in [-0.2, -0.15) is 0 Å². The number of rotatable bonds is 7. The van der Waals surface area contributed by atoms with Gasteiger partial charge in [0.05, 0.1) is 11.8 Å². The lowest BCUT2D eigenvalue weighted by Crippen LogP contribution is -2.27. The van der Waals surface area contributed by atoms with Gasteiger partial charge in [-0.05, 0) is 36.0 Å². The molecular weight excluding hydrogens is 324 g/mol. The monoisotopic (exact) mass is 350 g/mol. The van der Waals surface area contributed by atoms with Crippen LogP contribution in [0, 0.1) is 11.8 Å². The second-order valence-electron chi connectivity index (χ2n) is 6.80. The Hall–Kier alpha value is -2.62. The van der Waals surface area contributed by atoms with Gasteiger partial charge in [-0.3, -0.25) is 9.59 Å². The zero-order valence-electron chi connectivity index (χ0n) is 15.4. The molecule has 3 rings (SSSR count). The van der Waals surface area contributed by atoms with E-state index in [4.69, 9.17) is 0 Å². The third-order valence-electron chi connectivity index (χ3n) is 5.02. The van der Waals surface area contributed by atoms with Crippen LogP contribution in [0.15, 0.2) is 48.5 Å². The average molecular weight is 350 g/mol. The number of carbonyl (C=O) groups is 2. The van der Waals surface area contributed by atoms with Crippen LogP contribution >= 0.6 is 0 Å². The van der Waals surface area contributed by atoms with Gasteiger partial charge in [0.1, 0.15) is 0 Å². The van der Waals surface area contributed by atoms with Crippen LogP contribution in [0.5, 0.6) is 0 Å². The van der Waals surface area contributed by atoms with Crippen molar-refractivity contribution >= 4 is 17.5 Å². The van der Waals surface area contributed by atoms with Crippen LogP contribution in [0.1, 0.15) is 37.0 Å². The highest BCUT2D eigenvalue weighted by atomic mass is 16.2. The number of para-hydroxylation sites is 1. The van der Waals surface area contributed by atoms with Crippen LogP contribution < -0.4 is 10.6 Å². The van der Waals surface area contributed by atoms with Crippen molar-refractivity contribution in [3.8, 4) is 0 Å². The summed E-state index contributed by atoms with van der Waals surface area (Å²) in [5.74, 6) is -0.507. The molecule has 2 aromatic rings. The van der Waals surface area contributed by atoms with Crippen molar-refractivity contribution in [1.82, 2.24) is 5.32 Å². The summed E-state index contributed by atoms with van der Waals surface area (Å²) in [7, 11) is 0. The first kappa shape index (κ1) is 18.2. The molecular formula is C22H26N2O2. The van der Waals surface area contributed by atoms with Crippen LogP contribution in [-0.4, -0.2) is 11.8 Å². The summed E-state index contributed by atoms with van der Waals surface area (Å²) in [4.78, 5) is 24.9. The zero-order valence-corrected chi connectivity index (χ0v) is 15.4. The predicted octanol–water partition coefficient (Wildman–Crippen LogP) is 3.70. The van der Waals surface area contributed by atoms with Crippen molar-refractivity contribution in [2.75, 3.05) is 5.32 Å². The van der Waals surface area contributed by atoms with Gasteiger partial charge < -0.3 is 10.6 Å². The first-order valence-electron chi connectivity index (χ1n) is 9.37. The molecule has 2 atom stereocenters. The molecule has 1 fully saturated rings. The Bertz CT molecular complexity index is 764. The van der Waals surface area contributed by atoms with E-state index in [9.17, 15) is 9.59 Å². The smallest absolute Gasteiger partial charge is 0.228 e. The van der Waals surface area contributed by atoms with E-state index in [0.717, 1.165) is 35.2 Å². The lowest BCUT2D eigenvalue weighted by molar-refractivity contribution is -0.125. The highest BCUT2D eigenvalue weighted by Crippen LogP contribution is 2.40. The average Bonchev–Trinajstić information content (AvgIpc) is 3.48. The standard InChI is InChI=1S/C22H26N2O2/c1-3-16-11-8-12-17(4-2)20(16)24-22(26)19-13-18(19)21(25)23-14-15-9-6-5-7-10-15/h5-12,18-19H,3-4,13-14H2,1-2H3,(H,23,25)(H,24,26). The summed E-state index contributed by atoms with van der Waals surface area (Å²) < 4.78 is 0. The fourth-order valence-electron chi connectivity index (χ4n) is 3.31. The molecule has 0 spiro atoms. The van der Waals surface area contributed by atoms with E-state index >= 15 is 0 Å². The summed E-state index contributed by atoms with van der Waals surface area (Å²) >= 11 is 0. The van der Waals surface area contributed by atoms with E-state index < -0.39 is 0 Å². The molecule has 26 heavy (non-hydrogen) atoms. The molecule has 2 N–H and O–H groups in total. The van der Waals surface area contributed by atoms with Crippen molar-refractivity contribution < 1.29 is 9.59 Å². The molecule has 1 aliphatic rings. The minimum atomic E-state index is -0.222. The Morgan fingerprint density at radius 3 is 2.12 bits per heavy atom. The third kappa shape index (κ3) is 4.13. The zero-order chi connectivity index (χ0) is 18.5. The molecule has 4 nitrogen and oxygen atoms in total. The topological polar surface area (TPSA) is 58.2 Å². The van der Waals surface area contributed by atoms with E-state index in [1.54, 1.807) is 0 Å². The molecule has 4 heteroatoms. The Kier molecular flexibility index (Phi) is 5.71. The van der Waals surface area contributed by atoms with Gasteiger partial charge in [0, 0.05) is 12.2 Å². The fourth-order valence-corrected chi connectivity index (χ4v) is 3.31. The third-order valence-corrected chi connectivity index (χ3v) is 5.02. The molecule has 2 amide bonds. The first-order chi connectivity index (χ1) is 12.6. The van der Waals surface area contributed by atoms with Gasteiger partial charge in [0.25, 0.3) is 0 Å². The summed E-state index contributed by atoms with van der Waals surface area (Å²) in [6.45, 7) is 4.67. The number of nitrogens with one attached hydrogen (secondary N) is 2. The number of benzene rings is 2. The van der Waals surface area contributed by atoms with E-state index in [1.807, 2.05) is 48.5 Å². The Morgan fingerprint density at radius 2 is 1.50 bits per heavy atom. The summed E-state index contributed by atoms with van der Waals surface area (Å²) in [6.07, 6.45) is 2.37. The molecule has 0 radical (unpaired) electrons. The van der Waals surface area contributed by atoms with Crippen LogP contribution in [0.4, 0.5) is 5.69 Å². The summed E-state index contributed by atoms with van der Waals surface area (Å²) in [6, 6.07) is 15.9. The van der Waals surface area contributed by atoms with Gasteiger partial charge in [0.2, 0.25) is 11.8 Å². The van der Waals surface area contributed by atoms with Gasteiger partial charge >= 0.3 is 0 Å². The molecule has 1 aliphatic carbocycles. The Morgan fingerprint density at radius 1 is 0.885 bits per heavy atom. The second-order valence-corrected chi connectivity index (χ2v) is 6.80. The van der Waals surface area contributed by atoms with Crippen molar-refractivity contribution in [2.24, 2.45) is 11.8 Å². The van der Waals surface area contributed by atoms with Crippen LogP contribution in [-0.2, 0) is 29.0 Å². The minimum absolute atomic E-state index is 0.0338. The molecule has 0 heterocycles. The number of aryl methyl sites for hydroxylation is 2. The van der Waals surface area contributed by atoms with E-state index in [2.05, 4.69) is 24.5 Å². The van der Waals surface area contributed by atoms with Crippen molar-refractivity contribution in [1.29, 1.82) is 0 Å². The maximum Gasteiger partial charge on any atom is 0.228 e. The van der Waals surface area contributed by atoms with Crippen LogP contribution in [0.25, 0.3) is 0 Å². The van der Waals surface area contributed by atoms with Gasteiger partial charge in [0.15, 0.2) is 0 Å². The summed E-state index contributed by atoms with van der Waals surface area (Å²) in [5.41, 5.74) is 4.27. The lowest BCUT2D eigenvalue weighted by Gasteiger charge is -2.14. The SMILES string of the molecule is CCc1cccc(CC)c1NC(=O)C1CC1C(=O)NCc1ccccc1. The van der Waals surface area contributed by atoms with Gasteiger partial charge in [-0.1, -0.05) is 62.4 Å². The second kappa shape index (κ2) is 8.17. The molecule has 2 aromatic carbocycles. The van der Waals surface area contributed by atoms with Crippen LogP contribution in [0.2, 0.25) is 0 Å². The number of hydrogen-bond donors (Lipinski definition) is 2. The highest BCUT2D eigenvalue weighted by Gasteiger charge is 2.48. The lowest BCUT2D eigenvalue weighted by atomic mass is 10.0. The highest BCUT2D eigenvalue weighted by molar-refractivity contribution is 6.00. The molecule has 0 saturated heterocycles. The van der Waals surface area contributed by atoms with Crippen LogP contribution in [0.3, 0.4) is 0 Å². The normalized spacial score (nSPS) is 18.2. The first-order valence-corrected chi connectivity index (χ1v) is 9.37.